The number of β-amino-alcohol motifs (C(OH)–C–C–N with tert-alkyl or cyclic N) is 1. The summed E-state index contributed by atoms with van der Waals surface area (Å²) in [7, 11) is 0. The van der Waals surface area contributed by atoms with Crippen LogP contribution in [0, 0.1) is 0 Å². The van der Waals surface area contributed by atoms with E-state index in [1.807, 2.05) is 0 Å². The number of aliphatic hydroxyl groups is 1. The Labute approximate surface area is 123 Å². The maximum atomic E-state index is 10.5. The lowest BCUT2D eigenvalue weighted by atomic mass is 9.92. The third kappa shape index (κ3) is 4.32. The van der Waals surface area contributed by atoms with Gasteiger partial charge >= 0.3 is 0 Å². The number of nitrogens with one attached hydrogen (secondary N) is 1. The van der Waals surface area contributed by atoms with Crippen LogP contribution in [0.25, 0.3) is 0 Å². The fourth-order valence-corrected chi connectivity index (χ4v) is 3.02. The summed E-state index contributed by atoms with van der Waals surface area (Å²) in [5, 5.41) is 13.7. The fraction of sp³-hybridized carbons (Fsp3) is 0.667. The molecular formula is C18H29NO. The van der Waals surface area contributed by atoms with Gasteiger partial charge in [-0.15, -0.1) is 0 Å². The average Bonchev–Trinajstić information content (AvgIpc) is 2.91. The molecule has 0 aliphatic carbocycles. The lowest BCUT2D eigenvalue weighted by molar-refractivity contribution is 0.0587. The van der Waals surface area contributed by atoms with Gasteiger partial charge < -0.3 is 10.4 Å². The van der Waals surface area contributed by atoms with Crippen molar-refractivity contribution in [3.8, 4) is 0 Å². The van der Waals surface area contributed by atoms with Crippen LogP contribution in [0.5, 0.6) is 0 Å². The smallest absolute Gasteiger partial charge is 0.103 e. The third-order valence-electron chi connectivity index (χ3n) is 4.44. The number of benzene rings is 1. The molecule has 2 heteroatoms. The molecule has 0 bridgehead atoms. The van der Waals surface area contributed by atoms with Gasteiger partial charge in [-0.3, -0.25) is 0 Å². The van der Waals surface area contributed by atoms with Crippen molar-refractivity contribution in [2.75, 3.05) is 13.1 Å². The van der Waals surface area contributed by atoms with Crippen LogP contribution in [0.1, 0.15) is 63.0 Å². The first kappa shape index (κ1) is 15.5. The van der Waals surface area contributed by atoms with Crippen LogP contribution in [0.4, 0.5) is 0 Å². The topological polar surface area (TPSA) is 32.3 Å². The van der Waals surface area contributed by atoms with Gasteiger partial charge in [-0.2, -0.15) is 0 Å². The van der Waals surface area contributed by atoms with Gasteiger partial charge in [-0.1, -0.05) is 63.3 Å². The van der Waals surface area contributed by atoms with Crippen LogP contribution < -0.4 is 5.32 Å². The van der Waals surface area contributed by atoms with Gasteiger partial charge in [0, 0.05) is 6.54 Å². The van der Waals surface area contributed by atoms with Crippen LogP contribution in [0.15, 0.2) is 24.3 Å². The molecule has 2 nitrogen and oxygen atoms in total. The number of hydrogen-bond acceptors (Lipinski definition) is 2. The van der Waals surface area contributed by atoms with Crippen LogP contribution >= 0.6 is 0 Å². The molecular weight excluding hydrogens is 246 g/mol. The van der Waals surface area contributed by atoms with Gasteiger partial charge in [-0.05, 0) is 36.9 Å². The Balaban J connectivity index is 1.74. The van der Waals surface area contributed by atoms with Crippen molar-refractivity contribution in [1.29, 1.82) is 0 Å². The third-order valence-corrected chi connectivity index (χ3v) is 4.44. The summed E-state index contributed by atoms with van der Waals surface area (Å²) in [5.74, 6) is 0. The van der Waals surface area contributed by atoms with Crippen molar-refractivity contribution in [3.63, 3.8) is 0 Å². The summed E-state index contributed by atoms with van der Waals surface area (Å²) in [4.78, 5) is 0. The highest BCUT2D eigenvalue weighted by atomic mass is 16.3. The van der Waals surface area contributed by atoms with Crippen LogP contribution in [0.3, 0.4) is 0 Å². The summed E-state index contributed by atoms with van der Waals surface area (Å²) in [5.41, 5.74) is 1.83. The minimum Gasteiger partial charge on any atom is -0.384 e. The molecule has 1 heterocycles. The highest BCUT2D eigenvalue weighted by Crippen LogP contribution is 2.27. The monoisotopic (exact) mass is 275 g/mol. The fourth-order valence-electron chi connectivity index (χ4n) is 3.02. The average molecular weight is 275 g/mol. The van der Waals surface area contributed by atoms with Crippen molar-refractivity contribution >= 4 is 0 Å². The molecule has 112 valence electrons. The Kier molecular flexibility index (Phi) is 6.06. The molecule has 1 aromatic carbocycles. The van der Waals surface area contributed by atoms with Gasteiger partial charge in [0.1, 0.15) is 5.60 Å². The zero-order valence-corrected chi connectivity index (χ0v) is 12.8. The number of rotatable bonds is 8. The van der Waals surface area contributed by atoms with E-state index < -0.39 is 5.60 Å². The minimum absolute atomic E-state index is 0.640. The Morgan fingerprint density at radius 3 is 2.40 bits per heavy atom. The molecule has 1 fully saturated rings. The molecule has 1 aliphatic heterocycles. The first-order valence-electron chi connectivity index (χ1n) is 8.27. The SMILES string of the molecule is CCCCCCCCc1ccc(C2(O)CCNC2)cc1. The largest absolute Gasteiger partial charge is 0.384 e. The summed E-state index contributed by atoms with van der Waals surface area (Å²) in [6.07, 6.45) is 10.1. The molecule has 2 N–H and O–H groups in total. The quantitative estimate of drug-likeness (QED) is 0.708. The van der Waals surface area contributed by atoms with Crippen LogP contribution in [-0.2, 0) is 12.0 Å². The second-order valence-corrected chi connectivity index (χ2v) is 6.17. The molecule has 0 radical (unpaired) electrons. The molecule has 0 aromatic heterocycles. The summed E-state index contributed by atoms with van der Waals surface area (Å²) in [6.45, 7) is 3.86. The Morgan fingerprint density at radius 2 is 1.75 bits per heavy atom. The molecule has 20 heavy (non-hydrogen) atoms. The van der Waals surface area contributed by atoms with E-state index in [-0.39, 0.29) is 0 Å². The van der Waals surface area contributed by atoms with Gasteiger partial charge in [0.25, 0.3) is 0 Å². The van der Waals surface area contributed by atoms with E-state index in [0.29, 0.717) is 6.54 Å². The molecule has 1 saturated heterocycles. The van der Waals surface area contributed by atoms with Gasteiger partial charge in [-0.25, -0.2) is 0 Å². The second-order valence-electron chi connectivity index (χ2n) is 6.17. The molecule has 2 rings (SSSR count). The van der Waals surface area contributed by atoms with E-state index in [1.165, 1.54) is 50.5 Å². The first-order valence-corrected chi connectivity index (χ1v) is 8.27. The molecule has 0 spiro atoms. The van der Waals surface area contributed by atoms with Gasteiger partial charge in [0.05, 0.1) is 0 Å². The van der Waals surface area contributed by atoms with E-state index in [9.17, 15) is 5.11 Å². The predicted octanol–water partition coefficient (Wildman–Crippen LogP) is 3.77. The highest BCUT2D eigenvalue weighted by molar-refractivity contribution is 5.28. The van der Waals surface area contributed by atoms with Crippen molar-refractivity contribution in [3.05, 3.63) is 35.4 Å². The zero-order chi connectivity index (χ0) is 14.3. The van der Waals surface area contributed by atoms with E-state index in [0.717, 1.165) is 18.5 Å². The minimum atomic E-state index is -0.640. The van der Waals surface area contributed by atoms with E-state index in [1.54, 1.807) is 0 Å². The number of aryl methyl sites for hydroxylation is 1. The first-order chi connectivity index (χ1) is 9.74. The van der Waals surface area contributed by atoms with E-state index in [4.69, 9.17) is 0 Å². The Morgan fingerprint density at radius 1 is 1.05 bits per heavy atom. The van der Waals surface area contributed by atoms with Crippen molar-refractivity contribution in [2.45, 2.75) is 63.9 Å². The summed E-state index contributed by atoms with van der Waals surface area (Å²) in [6, 6.07) is 8.61. The maximum Gasteiger partial charge on any atom is 0.103 e. The van der Waals surface area contributed by atoms with E-state index in [2.05, 4.69) is 36.5 Å². The Bertz CT molecular complexity index is 379. The van der Waals surface area contributed by atoms with Crippen LogP contribution in [-0.4, -0.2) is 18.2 Å². The van der Waals surface area contributed by atoms with E-state index >= 15 is 0 Å². The van der Waals surface area contributed by atoms with Gasteiger partial charge in [0.15, 0.2) is 0 Å². The standard InChI is InChI=1S/C18H29NO/c1-2-3-4-5-6-7-8-16-9-11-17(12-10-16)18(20)13-14-19-15-18/h9-12,19-20H,2-8,13-15H2,1H3. The number of unbranched alkanes of at least 4 members (excludes halogenated alkanes) is 5. The van der Waals surface area contributed by atoms with Gasteiger partial charge in [0.2, 0.25) is 0 Å². The molecule has 1 atom stereocenters. The Hall–Kier alpha value is -0.860. The summed E-state index contributed by atoms with van der Waals surface area (Å²) >= 11 is 0. The second kappa shape index (κ2) is 7.80. The maximum absolute atomic E-state index is 10.5. The normalized spacial score (nSPS) is 22.3. The summed E-state index contributed by atoms with van der Waals surface area (Å²) < 4.78 is 0. The van der Waals surface area contributed by atoms with Crippen LogP contribution in [0.2, 0.25) is 0 Å². The zero-order valence-electron chi connectivity index (χ0n) is 12.8. The number of hydrogen-bond donors (Lipinski definition) is 2. The van der Waals surface area contributed by atoms with Crippen molar-refractivity contribution < 1.29 is 5.11 Å². The highest BCUT2D eigenvalue weighted by Gasteiger charge is 2.32. The molecule has 1 aromatic rings. The lowest BCUT2D eigenvalue weighted by Gasteiger charge is -2.22. The molecule has 1 unspecified atom stereocenters. The van der Waals surface area contributed by atoms with Crippen molar-refractivity contribution in [2.24, 2.45) is 0 Å². The van der Waals surface area contributed by atoms with Crippen molar-refractivity contribution in [1.82, 2.24) is 5.32 Å². The molecule has 0 saturated carbocycles. The molecule has 1 aliphatic rings. The predicted molar refractivity (Wildman–Crippen MR) is 84.9 cm³/mol. The molecule has 0 amide bonds. The lowest BCUT2D eigenvalue weighted by Crippen LogP contribution is -2.28.